The maximum Gasteiger partial charge on any atom is 0.338 e. The van der Waals surface area contributed by atoms with Crippen molar-refractivity contribution < 1.29 is 23.5 Å². The summed E-state index contributed by atoms with van der Waals surface area (Å²) in [6.45, 7) is 3.64. The normalized spacial score (nSPS) is 10.5. The Bertz CT molecular complexity index is 1070. The first-order valence-electron chi connectivity index (χ1n) is 8.70. The smallest absolute Gasteiger partial charge is 0.338 e. The first-order chi connectivity index (χ1) is 13.5. The number of aryl methyl sites for hydroxylation is 1. The lowest BCUT2D eigenvalue weighted by atomic mass is 10.1. The fourth-order valence-corrected chi connectivity index (χ4v) is 2.64. The summed E-state index contributed by atoms with van der Waals surface area (Å²) in [5.74, 6) is -0.274. The molecule has 1 N–H and O–H groups in total. The fraction of sp³-hybridized carbons (Fsp3) is 0.190. The van der Waals surface area contributed by atoms with Crippen molar-refractivity contribution in [1.82, 2.24) is 0 Å². The van der Waals surface area contributed by atoms with Crippen molar-refractivity contribution in [2.45, 2.75) is 13.8 Å². The number of fused-ring (bicyclic) bond motifs is 1. The molecule has 0 unspecified atom stereocenters. The van der Waals surface area contributed by atoms with Crippen molar-refractivity contribution in [2.24, 2.45) is 0 Å². The SMILES string of the molecule is CCOC(=O)c1ccc(NC(=O)COc2ccc3oc(=O)cc(C)c3c2)cc1. The van der Waals surface area contributed by atoms with Crippen LogP contribution in [0.25, 0.3) is 11.0 Å². The molecule has 3 aromatic rings. The molecule has 1 amide bonds. The number of rotatable bonds is 6. The number of anilines is 1. The van der Waals surface area contributed by atoms with Crippen LogP contribution in [0.2, 0.25) is 0 Å². The van der Waals surface area contributed by atoms with E-state index in [2.05, 4.69) is 5.32 Å². The molecule has 0 saturated carbocycles. The van der Waals surface area contributed by atoms with Crippen molar-refractivity contribution >= 4 is 28.5 Å². The molecule has 1 heterocycles. The zero-order valence-corrected chi connectivity index (χ0v) is 15.5. The van der Waals surface area contributed by atoms with Crippen molar-refractivity contribution in [1.29, 1.82) is 0 Å². The maximum atomic E-state index is 12.1. The zero-order valence-electron chi connectivity index (χ0n) is 15.5. The van der Waals surface area contributed by atoms with Crippen molar-refractivity contribution in [3.63, 3.8) is 0 Å². The van der Waals surface area contributed by atoms with E-state index in [9.17, 15) is 14.4 Å². The summed E-state index contributed by atoms with van der Waals surface area (Å²) in [5.41, 5.74) is 1.77. The van der Waals surface area contributed by atoms with Crippen LogP contribution in [0.3, 0.4) is 0 Å². The average Bonchev–Trinajstić information content (AvgIpc) is 2.67. The van der Waals surface area contributed by atoms with E-state index < -0.39 is 11.6 Å². The van der Waals surface area contributed by atoms with Gasteiger partial charge >= 0.3 is 11.6 Å². The standard InChI is InChI=1S/C21H19NO6/c1-3-26-21(25)14-4-6-15(7-5-14)22-19(23)12-27-16-8-9-18-17(11-16)13(2)10-20(24)28-18/h4-11H,3,12H2,1-2H3,(H,22,23). The van der Waals surface area contributed by atoms with E-state index in [1.807, 2.05) is 0 Å². The second-order valence-corrected chi connectivity index (χ2v) is 6.04. The monoisotopic (exact) mass is 381 g/mol. The molecule has 0 fully saturated rings. The van der Waals surface area contributed by atoms with E-state index in [0.717, 1.165) is 10.9 Å². The molecule has 0 atom stereocenters. The first kappa shape index (κ1) is 19.2. The number of ether oxygens (including phenoxy) is 2. The number of amides is 1. The van der Waals surface area contributed by atoms with Crippen molar-refractivity contribution in [3.8, 4) is 5.75 Å². The lowest BCUT2D eigenvalue weighted by Crippen LogP contribution is -2.20. The van der Waals surface area contributed by atoms with Crippen molar-refractivity contribution in [3.05, 3.63) is 70.1 Å². The van der Waals surface area contributed by atoms with Crippen LogP contribution >= 0.6 is 0 Å². The summed E-state index contributed by atoms with van der Waals surface area (Å²) in [5, 5.41) is 3.43. The molecule has 0 aliphatic rings. The maximum absolute atomic E-state index is 12.1. The topological polar surface area (TPSA) is 94.8 Å². The number of hydrogen-bond acceptors (Lipinski definition) is 6. The van der Waals surface area contributed by atoms with E-state index in [0.29, 0.717) is 29.2 Å². The average molecular weight is 381 g/mol. The van der Waals surface area contributed by atoms with Gasteiger partial charge in [0.05, 0.1) is 12.2 Å². The Hall–Kier alpha value is -3.61. The third-order valence-electron chi connectivity index (χ3n) is 3.97. The van der Waals surface area contributed by atoms with Crippen LogP contribution in [0, 0.1) is 6.92 Å². The summed E-state index contributed by atoms with van der Waals surface area (Å²) in [6, 6.07) is 12.8. The van der Waals surface area contributed by atoms with Gasteiger partial charge in [0.2, 0.25) is 0 Å². The van der Waals surface area contributed by atoms with Crippen LogP contribution < -0.4 is 15.7 Å². The molecule has 0 aliphatic heterocycles. The van der Waals surface area contributed by atoms with Gasteiger partial charge in [0.1, 0.15) is 11.3 Å². The van der Waals surface area contributed by atoms with E-state index in [-0.39, 0.29) is 12.5 Å². The number of carbonyl (C=O) groups excluding carboxylic acids is 2. The molecular weight excluding hydrogens is 362 g/mol. The van der Waals surface area contributed by atoms with Gasteiger partial charge in [-0.25, -0.2) is 9.59 Å². The third kappa shape index (κ3) is 4.56. The van der Waals surface area contributed by atoms with Gasteiger partial charge in [-0.2, -0.15) is 0 Å². The zero-order chi connectivity index (χ0) is 20.1. The molecule has 3 rings (SSSR count). The Morgan fingerprint density at radius 3 is 2.54 bits per heavy atom. The van der Waals surface area contributed by atoms with E-state index in [4.69, 9.17) is 13.9 Å². The summed E-state index contributed by atoms with van der Waals surface area (Å²) >= 11 is 0. The lowest BCUT2D eigenvalue weighted by molar-refractivity contribution is -0.118. The first-order valence-corrected chi connectivity index (χ1v) is 8.70. The Balaban J connectivity index is 1.60. The molecule has 0 radical (unpaired) electrons. The number of hydrogen-bond donors (Lipinski definition) is 1. The van der Waals surface area contributed by atoms with Crippen LogP contribution in [0.5, 0.6) is 5.75 Å². The lowest BCUT2D eigenvalue weighted by Gasteiger charge is -2.09. The molecule has 1 aromatic heterocycles. The van der Waals surface area contributed by atoms with Gasteiger partial charge in [-0.1, -0.05) is 0 Å². The van der Waals surface area contributed by atoms with E-state index in [1.165, 1.54) is 6.07 Å². The quantitative estimate of drug-likeness (QED) is 0.520. The van der Waals surface area contributed by atoms with E-state index >= 15 is 0 Å². The highest BCUT2D eigenvalue weighted by Gasteiger charge is 2.09. The van der Waals surface area contributed by atoms with Crippen LogP contribution in [-0.4, -0.2) is 25.1 Å². The second-order valence-electron chi connectivity index (χ2n) is 6.04. The number of carbonyl (C=O) groups is 2. The Morgan fingerprint density at radius 1 is 1.07 bits per heavy atom. The summed E-state index contributed by atoms with van der Waals surface area (Å²) in [7, 11) is 0. The molecule has 28 heavy (non-hydrogen) atoms. The van der Waals surface area contributed by atoms with Crippen LogP contribution in [0.4, 0.5) is 5.69 Å². The molecule has 0 saturated heterocycles. The predicted octanol–water partition coefficient (Wildman–Crippen LogP) is 3.30. The third-order valence-corrected chi connectivity index (χ3v) is 3.97. The van der Waals surface area contributed by atoms with Gasteiger partial charge in [0, 0.05) is 17.1 Å². The number of nitrogens with one attached hydrogen (secondary N) is 1. The largest absolute Gasteiger partial charge is 0.484 e. The van der Waals surface area contributed by atoms with Gasteiger partial charge in [0.15, 0.2) is 6.61 Å². The summed E-state index contributed by atoms with van der Waals surface area (Å²) < 4.78 is 15.6. The molecule has 144 valence electrons. The van der Waals surface area contributed by atoms with Crippen molar-refractivity contribution in [2.75, 3.05) is 18.5 Å². The minimum atomic E-state index is -0.411. The van der Waals surface area contributed by atoms with Gasteiger partial charge in [-0.3, -0.25) is 4.79 Å². The van der Waals surface area contributed by atoms with Crippen LogP contribution in [-0.2, 0) is 9.53 Å². The predicted molar refractivity (Wildman–Crippen MR) is 104 cm³/mol. The molecule has 7 nitrogen and oxygen atoms in total. The number of esters is 1. The highest BCUT2D eigenvalue weighted by Crippen LogP contribution is 2.22. The van der Waals surface area contributed by atoms with Crippen LogP contribution in [0.15, 0.2) is 57.7 Å². The minimum Gasteiger partial charge on any atom is -0.484 e. The Morgan fingerprint density at radius 2 is 1.82 bits per heavy atom. The Kier molecular flexibility index (Phi) is 5.74. The van der Waals surface area contributed by atoms with Gasteiger partial charge in [0.25, 0.3) is 5.91 Å². The summed E-state index contributed by atoms with van der Waals surface area (Å²) in [4.78, 5) is 35.1. The van der Waals surface area contributed by atoms with Gasteiger partial charge in [-0.15, -0.1) is 0 Å². The van der Waals surface area contributed by atoms with Gasteiger partial charge in [-0.05, 0) is 61.9 Å². The highest BCUT2D eigenvalue weighted by atomic mass is 16.5. The summed E-state index contributed by atoms with van der Waals surface area (Å²) in [6.07, 6.45) is 0. The molecule has 2 aromatic carbocycles. The molecule has 0 bridgehead atoms. The van der Waals surface area contributed by atoms with E-state index in [1.54, 1.807) is 56.3 Å². The second kappa shape index (κ2) is 8.39. The molecule has 0 spiro atoms. The molecule has 0 aliphatic carbocycles. The Labute approximate surface area is 160 Å². The van der Waals surface area contributed by atoms with Gasteiger partial charge < -0.3 is 19.2 Å². The molecular formula is C21H19NO6. The van der Waals surface area contributed by atoms with Crippen LogP contribution in [0.1, 0.15) is 22.8 Å². The fourth-order valence-electron chi connectivity index (χ4n) is 2.64. The highest BCUT2D eigenvalue weighted by molar-refractivity contribution is 5.93. The molecule has 7 heteroatoms. The minimum absolute atomic E-state index is 0.193. The number of benzene rings is 2.